The number of hydrogen-bond donors (Lipinski definition) is 2. The van der Waals surface area contributed by atoms with Gasteiger partial charge in [-0.1, -0.05) is 12.1 Å². The second-order valence-electron chi connectivity index (χ2n) is 4.69. The fraction of sp³-hybridized carbons (Fsp3) is 0. The van der Waals surface area contributed by atoms with Crippen LogP contribution < -0.4 is 29.6 Å². The first kappa shape index (κ1) is 22.3. The van der Waals surface area contributed by atoms with Crippen molar-refractivity contribution < 1.29 is 66.2 Å². The summed E-state index contributed by atoms with van der Waals surface area (Å²) in [5, 5.41) is 17.7. The molecule has 0 aliphatic rings. The predicted molar refractivity (Wildman–Crippen MR) is 84.5 cm³/mol. The molecule has 0 saturated heterocycles. The van der Waals surface area contributed by atoms with E-state index in [0.29, 0.717) is 0 Å². The second-order valence-corrected chi connectivity index (χ2v) is 8.13. The molecule has 0 aliphatic carbocycles. The Morgan fingerprint density at radius 1 is 0.731 bits per heavy atom. The summed E-state index contributed by atoms with van der Waals surface area (Å²) >= 11 is 0. The van der Waals surface area contributed by atoms with E-state index < -0.39 is 41.8 Å². The zero-order valence-corrected chi connectivity index (χ0v) is 16.9. The molecule has 0 unspecified atom stereocenters. The molecule has 2 rings (SSSR count). The van der Waals surface area contributed by atoms with Crippen molar-refractivity contribution in [2.24, 2.45) is 0 Å². The quantitative estimate of drug-likeness (QED) is 0.550. The molecule has 0 heterocycles. The number of sulfonamides is 2. The zero-order chi connectivity index (χ0) is 18.8. The number of hydrogen-bond acceptors (Lipinski definition) is 6. The van der Waals surface area contributed by atoms with E-state index in [0.717, 1.165) is 48.5 Å². The Labute approximate surface area is 171 Å². The molecule has 2 N–H and O–H groups in total. The van der Waals surface area contributed by atoms with Gasteiger partial charge in [-0.3, -0.25) is 0 Å². The summed E-state index contributed by atoms with van der Waals surface area (Å²) in [4.78, 5) is 20.5. The monoisotopic (exact) mass is 407 g/mol. The molecule has 9 nitrogen and oxygen atoms in total. The summed E-state index contributed by atoms with van der Waals surface area (Å²) in [5.41, 5.74) is -0.719. The van der Waals surface area contributed by atoms with E-state index in [1.807, 2.05) is 0 Å². The molecular weight excluding hydrogens is 397 g/mol. The van der Waals surface area contributed by atoms with Crippen molar-refractivity contribution in [2.45, 2.75) is 9.79 Å². The maximum absolute atomic E-state index is 12.2. The SMILES string of the molecule is O=C(O)c1cccc(S(=O)(=O)[N-]S(=O)(=O)c2cccc(C(=O)O)c2)c1.[Na+]. The molecule has 0 saturated carbocycles. The fourth-order valence-corrected chi connectivity index (χ4v) is 4.57. The fourth-order valence-electron chi connectivity index (χ4n) is 1.79. The molecule has 2 aromatic carbocycles. The third-order valence-electron chi connectivity index (χ3n) is 2.95. The molecule has 26 heavy (non-hydrogen) atoms. The average molecular weight is 407 g/mol. The standard InChI is InChI=1S/C14H10NO8S2.Na/c16-13(17)9-3-1-5-11(7-9)24(20,21)15-25(22,23)12-6-2-4-10(8-12)14(18)19;/h1-8H,(H,16,17)(H,18,19);/q-1;+1. The Kier molecular flexibility index (Phi) is 7.10. The van der Waals surface area contributed by atoms with Crippen LogP contribution in [0.3, 0.4) is 0 Å². The molecule has 0 aliphatic heterocycles. The number of carbonyl (C=O) groups is 2. The first-order valence-corrected chi connectivity index (χ1v) is 9.32. The van der Waals surface area contributed by atoms with Crippen LogP contribution in [-0.2, 0) is 20.0 Å². The molecular formula is C14H10NNaO8S2. The first-order chi connectivity index (χ1) is 11.5. The van der Waals surface area contributed by atoms with Gasteiger partial charge in [-0.15, -0.1) is 0 Å². The summed E-state index contributed by atoms with van der Waals surface area (Å²) in [6, 6.07) is 8.04. The average Bonchev–Trinajstić information content (AvgIpc) is 2.54. The normalized spacial score (nSPS) is 11.4. The van der Waals surface area contributed by atoms with Gasteiger partial charge in [0.15, 0.2) is 0 Å². The summed E-state index contributed by atoms with van der Waals surface area (Å²) in [7, 11) is -9.46. The van der Waals surface area contributed by atoms with Gasteiger partial charge >= 0.3 is 41.5 Å². The van der Waals surface area contributed by atoms with Gasteiger partial charge < -0.3 is 14.3 Å². The van der Waals surface area contributed by atoms with E-state index in [1.54, 1.807) is 0 Å². The Bertz CT molecular complexity index is 978. The number of nitrogens with zero attached hydrogens (tertiary/aromatic N) is 1. The number of rotatable bonds is 6. The predicted octanol–water partition coefficient (Wildman–Crippen LogP) is -1.46. The molecule has 0 bridgehead atoms. The molecule has 0 radical (unpaired) electrons. The van der Waals surface area contributed by atoms with E-state index in [1.165, 1.54) is 0 Å². The van der Waals surface area contributed by atoms with E-state index in [4.69, 9.17) is 10.2 Å². The Hall–Kier alpha value is -1.76. The molecule has 2 aromatic rings. The van der Waals surface area contributed by atoms with Crippen LogP contribution in [-0.4, -0.2) is 39.0 Å². The van der Waals surface area contributed by atoms with Crippen molar-refractivity contribution in [1.82, 2.24) is 0 Å². The third-order valence-corrected chi connectivity index (χ3v) is 6.22. The minimum absolute atomic E-state index is 0. The van der Waals surface area contributed by atoms with Crippen LogP contribution in [0.2, 0.25) is 0 Å². The third kappa shape index (κ3) is 5.13. The molecule has 0 atom stereocenters. The van der Waals surface area contributed by atoms with Crippen molar-refractivity contribution >= 4 is 32.0 Å². The van der Waals surface area contributed by atoms with Gasteiger partial charge in [0.2, 0.25) is 0 Å². The van der Waals surface area contributed by atoms with Gasteiger partial charge in [-0.05, 0) is 36.4 Å². The second kappa shape index (κ2) is 8.29. The molecule has 132 valence electrons. The van der Waals surface area contributed by atoms with Crippen LogP contribution in [0, 0.1) is 0 Å². The molecule has 0 amide bonds. The van der Waals surface area contributed by atoms with Gasteiger partial charge in [0.25, 0.3) is 0 Å². The molecule has 12 heteroatoms. The molecule has 0 aromatic heterocycles. The van der Waals surface area contributed by atoms with Crippen LogP contribution in [0.5, 0.6) is 0 Å². The Morgan fingerprint density at radius 2 is 1.08 bits per heavy atom. The minimum atomic E-state index is -4.73. The summed E-state index contributed by atoms with van der Waals surface area (Å²) in [6.07, 6.45) is 0. The first-order valence-electron chi connectivity index (χ1n) is 6.44. The van der Waals surface area contributed by atoms with Crippen LogP contribution in [0.4, 0.5) is 0 Å². The van der Waals surface area contributed by atoms with Gasteiger partial charge in [0, 0.05) is 9.79 Å². The van der Waals surface area contributed by atoms with Crippen LogP contribution in [0.15, 0.2) is 58.3 Å². The van der Waals surface area contributed by atoms with Crippen LogP contribution in [0.1, 0.15) is 20.7 Å². The maximum Gasteiger partial charge on any atom is 1.00 e. The van der Waals surface area contributed by atoms with E-state index >= 15 is 0 Å². The van der Waals surface area contributed by atoms with Gasteiger partial charge in [-0.2, -0.15) is 0 Å². The molecule has 0 spiro atoms. The maximum atomic E-state index is 12.2. The summed E-state index contributed by atoms with van der Waals surface area (Å²) in [6.45, 7) is 0. The van der Waals surface area contributed by atoms with E-state index in [9.17, 15) is 26.4 Å². The van der Waals surface area contributed by atoms with E-state index in [2.05, 4.69) is 4.13 Å². The van der Waals surface area contributed by atoms with Gasteiger partial charge in [0.1, 0.15) is 20.0 Å². The van der Waals surface area contributed by atoms with Crippen molar-refractivity contribution in [3.05, 3.63) is 63.8 Å². The van der Waals surface area contributed by atoms with Crippen LogP contribution >= 0.6 is 0 Å². The number of aromatic carboxylic acids is 2. The smallest absolute Gasteiger partial charge is 0.478 e. The number of carboxylic acids is 2. The van der Waals surface area contributed by atoms with Crippen molar-refractivity contribution in [3.8, 4) is 0 Å². The van der Waals surface area contributed by atoms with Crippen LogP contribution in [0.25, 0.3) is 4.13 Å². The van der Waals surface area contributed by atoms with Crippen molar-refractivity contribution in [3.63, 3.8) is 0 Å². The van der Waals surface area contributed by atoms with Gasteiger partial charge in [-0.25, -0.2) is 26.4 Å². The Morgan fingerprint density at radius 3 is 1.38 bits per heavy atom. The summed E-state index contributed by atoms with van der Waals surface area (Å²) in [5.74, 6) is -2.79. The summed E-state index contributed by atoms with van der Waals surface area (Å²) < 4.78 is 51.5. The zero-order valence-electron chi connectivity index (χ0n) is 13.2. The van der Waals surface area contributed by atoms with Crippen molar-refractivity contribution in [2.75, 3.05) is 0 Å². The Balaban J connectivity index is 0.00000338. The molecule has 0 fully saturated rings. The number of carboxylic acid groups (broad SMARTS) is 2. The van der Waals surface area contributed by atoms with Gasteiger partial charge in [0.05, 0.1) is 11.1 Å². The topological polar surface area (TPSA) is 157 Å². The van der Waals surface area contributed by atoms with E-state index in [-0.39, 0.29) is 40.7 Å². The minimum Gasteiger partial charge on any atom is -0.478 e. The van der Waals surface area contributed by atoms with Crippen molar-refractivity contribution in [1.29, 1.82) is 0 Å². The number of benzene rings is 2. The largest absolute Gasteiger partial charge is 1.00 e.